The number of H-pyrrole nitrogens is 1. The number of likely N-dealkylation sites (N-methyl/N-ethyl adjacent to an activating group) is 1. The number of aromatic amines is 1. The predicted molar refractivity (Wildman–Crippen MR) is 79.5 cm³/mol. The van der Waals surface area contributed by atoms with Gasteiger partial charge in [-0.05, 0) is 24.8 Å². The fourth-order valence-corrected chi connectivity index (χ4v) is 4.07. The normalized spacial score (nSPS) is 13.6. The number of hydrogen-bond acceptors (Lipinski definition) is 4. The van der Waals surface area contributed by atoms with Gasteiger partial charge in [0.15, 0.2) is 0 Å². The number of pyridine rings is 1. The first kappa shape index (κ1) is 15.0. The molecule has 0 aliphatic rings. The zero-order chi connectivity index (χ0) is 14.8. The topological polar surface area (TPSA) is 70.2 Å². The smallest absolute Gasteiger partial charge is 0.248 e. The Kier molecular flexibility index (Phi) is 4.42. The fraction of sp³-hybridized carbons (Fsp3) is 0.308. The van der Waals surface area contributed by atoms with Crippen LogP contribution in [0.1, 0.15) is 11.8 Å². The second-order valence-electron chi connectivity index (χ2n) is 4.53. The third kappa shape index (κ3) is 3.00. The Labute approximate surface area is 121 Å². The van der Waals surface area contributed by atoms with Crippen molar-refractivity contribution >= 4 is 21.4 Å². The maximum atomic E-state index is 12.4. The number of nitrogens with one attached hydrogen (secondary N) is 1. The summed E-state index contributed by atoms with van der Waals surface area (Å²) < 4.78 is 26.1. The van der Waals surface area contributed by atoms with Gasteiger partial charge in [-0.25, -0.2) is 8.42 Å². The van der Waals surface area contributed by atoms with Crippen LogP contribution in [0.3, 0.4) is 0 Å². The van der Waals surface area contributed by atoms with Crippen LogP contribution >= 0.6 is 11.3 Å². The molecule has 0 spiro atoms. The van der Waals surface area contributed by atoms with Crippen molar-refractivity contribution in [3.8, 4) is 0 Å². The molecule has 108 valence electrons. The van der Waals surface area contributed by atoms with Crippen molar-refractivity contribution in [3.63, 3.8) is 0 Å². The Morgan fingerprint density at radius 1 is 1.40 bits per heavy atom. The highest BCUT2D eigenvalue weighted by molar-refractivity contribution is 7.89. The number of rotatable bonds is 5. The third-order valence-corrected chi connectivity index (χ3v) is 6.03. The van der Waals surface area contributed by atoms with Gasteiger partial charge in [0, 0.05) is 36.4 Å². The zero-order valence-electron chi connectivity index (χ0n) is 11.2. The summed E-state index contributed by atoms with van der Waals surface area (Å²) in [6.07, 6.45) is 3.26. The maximum Gasteiger partial charge on any atom is 0.248 e. The van der Waals surface area contributed by atoms with Crippen molar-refractivity contribution in [2.45, 2.75) is 24.3 Å². The molecule has 0 amide bonds. The lowest BCUT2D eigenvalue weighted by atomic mass is 10.2. The second kappa shape index (κ2) is 5.90. The molecule has 2 rings (SSSR count). The summed E-state index contributed by atoms with van der Waals surface area (Å²) in [6, 6.07) is 4.89. The molecule has 0 saturated carbocycles. The molecule has 2 heterocycles. The van der Waals surface area contributed by atoms with Crippen LogP contribution in [0.5, 0.6) is 0 Å². The van der Waals surface area contributed by atoms with Gasteiger partial charge in [0.2, 0.25) is 15.5 Å². The standard InChI is InChI=1S/C13H16N2O3S2/c1-10(8-11-4-3-7-19-11)15(2)20(17,18)13-9-14-6-5-12(13)16/h3-7,9-10H,8H2,1-2H3,(H,14,16). The highest BCUT2D eigenvalue weighted by atomic mass is 32.2. The maximum absolute atomic E-state index is 12.4. The van der Waals surface area contributed by atoms with Gasteiger partial charge < -0.3 is 4.98 Å². The van der Waals surface area contributed by atoms with Crippen molar-refractivity contribution < 1.29 is 8.42 Å². The minimum absolute atomic E-state index is 0.222. The molecular formula is C13H16N2O3S2. The van der Waals surface area contributed by atoms with Crippen molar-refractivity contribution in [2.75, 3.05) is 7.05 Å². The molecule has 2 aromatic heterocycles. The summed E-state index contributed by atoms with van der Waals surface area (Å²) in [7, 11) is -2.28. The number of aromatic nitrogens is 1. The zero-order valence-corrected chi connectivity index (χ0v) is 12.9. The first-order chi connectivity index (χ1) is 9.43. The van der Waals surface area contributed by atoms with Crippen LogP contribution in [0, 0.1) is 0 Å². The second-order valence-corrected chi connectivity index (χ2v) is 7.52. The summed E-state index contributed by atoms with van der Waals surface area (Å²) in [6.45, 7) is 1.83. The van der Waals surface area contributed by atoms with Crippen molar-refractivity contribution in [3.05, 3.63) is 51.1 Å². The van der Waals surface area contributed by atoms with E-state index < -0.39 is 15.5 Å². The van der Waals surface area contributed by atoms with Crippen molar-refractivity contribution in [1.82, 2.24) is 9.29 Å². The summed E-state index contributed by atoms with van der Waals surface area (Å²) in [4.78, 5) is 15.2. The molecule has 1 N–H and O–H groups in total. The molecule has 0 aliphatic carbocycles. The largest absolute Gasteiger partial charge is 0.366 e. The monoisotopic (exact) mass is 312 g/mol. The summed E-state index contributed by atoms with van der Waals surface area (Å²) in [5.74, 6) is 0. The Bertz CT molecular complexity index is 720. The van der Waals surface area contributed by atoms with Gasteiger partial charge in [-0.3, -0.25) is 4.79 Å². The van der Waals surface area contributed by atoms with Crippen molar-refractivity contribution in [2.24, 2.45) is 0 Å². The van der Waals surface area contributed by atoms with Gasteiger partial charge >= 0.3 is 0 Å². The molecule has 2 aromatic rings. The molecular weight excluding hydrogens is 296 g/mol. The Hall–Kier alpha value is -1.44. The van der Waals surface area contributed by atoms with E-state index in [0.29, 0.717) is 6.42 Å². The Morgan fingerprint density at radius 3 is 2.75 bits per heavy atom. The molecule has 0 bridgehead atoms. The van der Waals surface area contributed by atoms with Crippen LogP contribution in [0.15, 0.2) is 45.7 Å². The molecule has 1 unspecified atom stereocenters. The molecule has 0 aromatic carbocycles. The van der Waals surface area contributed by atoms with Gasteiger partial charge in [-0.1, -0.05) is 6.07 Å². The fourth-order valence-electron chi connectivity index (χ4n) is 1.84. The quantitative estimate of drug-likeness (QED) is 0.913. The molecule has 1 atom stereocenters. The molecule has 20 heavy (non-hydrogen) atoms. The Morgan fingerprint density at radius 2 is 2.15 bits per heavy atom. The number of nitrogens with zero attached hydrogens (tertiary/aromatic N) is 1. The van der Waals surface area contributed by atoms with E-state index in [1.807, 2.05) is 24.4 Å². The number of hydrogen-bond donors (Lipinski definition) is 1. The SMILES string of the molecule is CC(Cc1cccs1)N(C)S(=O)(=O)c1c[nH]ccc1=O. The van der Waals surface area contributed by atoms with Gasteiger partial charge in [-0.2, -0.15) is 4.31 Å². The van der Waals surface area contributed by atoms with E-state index >= 15 is 0 Å². The lowest BCUT2D eigenvalue weighted by molar-refractivity contribution is 0.388. The Balaban J connectivity index is 2.25. The molecule has 0 radical (unpaired) electrons. The highest BCUT2D eigenvalue weighted by Crippen LogP contribution is 2.18. The van der Waals surface area contributed by atoms with E-state index in [4.69, 9.17) is 0 Å². The lowest BCUT2D eigenvalue weighted by Crippen LogP contribution is -2.38. The van der Waals surface area contributed by atoms with Crippen molar-refractivity contribution in [1.29, 1.82) is 0 Å². The highest BCUT2D eigenvalue weighted by Gasteiger charge is 2.27. The number of thiophene rings is 1. The minimum Gasteiger partial charge on any atom is -0.366 e. The van der Waals surface area contributed by atoms with Gasteiger partial charge in [0.25, 0.3) is 0 Å². The van der Waals surface area contributed by atoms with Crippen LogP contribution in [0.4, 0.5) is 0 Å². The van der Waals surface area contributed by atoms with E-state index in [-0.39, 0.29) is 10.9 Å². The molecule has 0 fully saturated rings. The molecule has 0 aliphatic heterocycles. The van der Waals surface area contributed by atoms with Crippen LogP contribution in [0.25, 0.3) is 0 Å². The van der Waals surface area contributed by atoms with Gasteiger partial charge in [0.05, 0.1) is 0 Å². The molecule has 7 heteroatoms. The van der Waals surface area contributed by atoms with E-state index in [0.717, 1.165) is 4.88 Å². The van der Waals surface area contributed by atoms with Crippen LogP contribution in [0.2, 0.25) is 0 Å². The summed E-state index contributed by atoms with van der Waals surface area (Å²) in [5.41, 5.74) is -0.501. The minimum atomic E-state index is -3.78. The first-order valence-corrected chi connectivity index (χ1v) is 8.42. The van der Waals surface area contributed by atoms with E-state index in [9.17, 15) is 13.2 Å². The van der Waals surface area contributed by atoms with E-state index in [2.05, 4.69) is 4.98 Å². The number of sulfonamides is 1. The third-order valence-electron chi connectivity index (χ3n) is 3.14. The summed E-state index contributed by atoms with van der Waals surface area (Å²) >= 11 is 1.59. The molecule has 0 saturated heterocycles. The van der Waals surface area contributed by atoms with Crippen LogP contribution in [-0.4, -0.2) is 30.8 Å². The van der Waals surface area contributed by atoms with Gasteiger partial charge in [-0.15, -0.1) is 11.3 Å². The predicted octanol–water partition coefficient (Wildman–Crippen LogP) is 1.69. The van der Waals surface area contributed by atoms with Crippen LogP contribution < -0.4 is 5.43 Å². The average Bonchev–Trinajstić information content (AvgIpc) is 2.90. The molecule has 5 nitrogen and oxygen atoms in total. The van der Waals surface area contributed by atoms with Crippen LogP contribution in [-0.2, 0) is 16.4 Å². The summed E-state index contributed by atoms with van der Waals surface area (Å²) in [5, 5.41) is 1.96. The van der Waals surface area contributed by atoms with Gasteiger partial charge in [0.1, 0.15) is 4.90 Å². The van der Waals surface area contributed by atoms with E-state index in [1.165, 1.54) is 29.8 Å². The first-order valence-electron chi connectivity index (χ1n) is 6.10. The average molecular weight is 312 g/mol. The van der Waals surface area contributed by atoms with E-state index in [1.54, 1.807) is 11.3 Å². The lowest BCUT2D eigenvalue weighted by Gasteiger charge is -2.23.